The number of hydrogen-bond acceptors (Lipinski definition) is 4. The smallest absolute Gasteiger partial charge is 0.194 e. The van der Waals surface area contributed by atoms with Crippen molar-refractivity contribution in [1.29, 1.82) is 0 Å². The Bertz CT molecular complexity index is 400. The first kappa shape index (κ1) is 12.7. The molecule has 0 bridgehead atoms. The fraction of sp³-hybridized carbons (Fsp3) is 0.500. The van der Waals surface area contributed by atoms with Gasteiger partial charge in [-0.1, -0.05) is 19.1 Å². The van der Waals surface area contributed by atoms with Crippen LogP contribution in [0.15, 0.2) is 29.3 Å². The van der Waals surface area contributed by atoms with Crippen LogP contribution in [0.2, 0.25) is 0 Å². The SMILES string of the molecule is CCCOc1ccc(CNC2=NCCN2C)cc1. The van der Waals surface area contributed by atoms with E-state index in [1.807, 2.05) is 12.1 Å². The molecule has 0 atom stereocenters. The molecule has 1 aromatic carbocycles. The highest BCUT2D eigenvalue weighted by Crippen LogP contribution is 2.12. The van der Waals surface area contributed by atoms with E-state index in [1.54, 1.807) is 0 Å². The number of guanidine groups is 1. The van der Waals surface area contributed by atoms with Gasteiger partial charge in [-0.05, 0) is 24.1 Å². The molecular weight excluding hydrogens is 226 g/mol. The number of likely N-dealkylation sites (N-methyl/N-ethyl adjacent to an activating group) is 1. The van der Waals surface area contributed by atoms with Crippen LogP contribution in [0.5, 0.6) is 5.75 Å². The van der Waals surface area contributed by atoms with Gasteiger partial charge in [-0.25, -0.2) is 0 Å². The number of nitrogens with zero attached hydrogens (tertiary/aromatic N) is 2. The maximum Gasteiger partial charge on any atom is 0.194 e. The molecule has 0 aliphatic carbocycles. The Labute approximate surface area is 109 Å². The molecule has 1 aromatic rings. The number of benzene rings is 1. The van der Waals surface area contributed by atoms with Gasteiger partial charge in [0.1, 0.15) is 5.75 Å². The first-order valence-electron chi connectivity index (χ1n) is 6.51. The third-order valence-electron chi connectivity index (χ3n) is 2.91. The molecule has 4 heteroatoms. The molecule has 1 aliphatic heterocycles. The fourth-order valence-corrected chi connectivity index (χ4v) is 1.83. The third kappa shape index (κ3) is 3.39. The van der Waals surface area contributed by atoms with Crippen molar-refractivity contribution >= 4 is 5.96 Å². The van der Waals surface area contributed by atoms with Crippen LogP contribution in [0.1, 0.15) is 18.9 Å². The molecule has 0 aromatic heterocycles. The van der Waals surface area contributed by atoms with E-state index in [1.165, 1.54) is 5.56 Å². The molecule has 4 nitrogen and oxygen atoms in total. The van der Waals surface area contributed by atoms with Gasteiger partial charge in [0, 0.05) is 20.1 Å². The van der Waals surface area contributed by atoms with Gasteiger partial charge < -0.3 is 15.0 Å². The van der Waals surface area contributed by atoms with E-state index in [-0.39, 0.29) is 0 Å². The van der Waals surface area contributed by atoms with E-state index in [0.29, 0.717) is 0 Å². The second kappa shape index (κ2) is 6.28. The zero-order chi connectivity index (χ0) is 12.8. The highest BCUT2D eigenvalue weighted by Gasteiger charge is 2.10. The molecule has 0 amide bonds. The minimum absolute atomic E-state index is 0.777. The molecule has 98 valence electrons. The second-order valence-electron chi connectivity index (χ2n) is 4.47. The number of aliphatic imine (C=N–C) groups is 1. The summed E-state index contributed by atoms with van der Waals surface area (Å²) in [7, 11) is 2.06. The number of nitrogens with one attached hydrogen (secondary N) is 1. The number of hydrogen-bond donors (Lipinski definition) is 1. The Morgan fingerprint density at radius 3 is 2.72 bits per heavy atom. The minimum Gasteiger partial charge on any atom is -0.494 e. The molecule has 0 fully saturated rings. The summed E-state index contributed by atoms with van der Waals surface area (Å²) in [5.41, 5.74) is 1.24. The van der Waals surface area contributed by atoms with E-state index >= 15 is 0 Å². The van der Waals surface area contributed by atoms with Crippen LogP contribution < -0.4 is 10.1 Å². The first-order valence-corrected chi connectivity index (χ1v) is 6.51. The zero-order valence-corrected chi connectivity index (χ0v) is 11.1. The molecule has 1 aliphatic rings. The van der Waals surface area contributed by atoms with Crippen molar-refractivity contribution in [1.82, 2.24) is 10.2 Å². The molecule has 1 heterocycles. The average molecular weight is 247 g/mol. The highest BCUT2D eigenvalue weighted by atomic mass is 16.5. The topological polar surface area (TPSA) is 36.9 Å². The van der Waals surface area contributed by atoms with Crippen LogP contribution in [0, 0.1) is 0 Å². The highest BCUT2D eigenvalue weighted by molar-refractivity contribution is 5.81. The Kier molecular flexibility index (Phi) is 4.45. The maximum absolute atomic E-state index is 5.55. The summed E-state index contributed by atoms with van der Waals surface area (Å²) in [5, 5.41) is 3.35. The van der Waals surface area contributed by atoms with E-state index < -0.39 is 0 Å². The van der Waals surface area contributed by atoms with Crippen LogP contribution in [-0.4, -0.2) is 37.6 Å². The summed E-state index contributed by atoms with van der Waals surface area (Å²) in [5.74, 6) is 1.93. The van der Waals surface area contributed by atoms with E-state index in [2.05, 4.69) is 41.3 Å². The minimum atomic E-state index is 0.777. The van der Waals surface area contributed by atoms with Gasteiger partial charge in [-0.15, -0.1) is 0 Å². The summed E-state index contributed by atoms with van der Waals surface area (Å²) >= 11 is 0. The Hall–Kier alpha value is -1.71. The molecular formula is C14H21N3O. The van der Waals surface area contributed by atoms with Gasteiger partial charge >= 0.3 is 0 Å². The van der Waals surface area contributed by atoms with Crippen molar-refractivity contribution in [2.24, 2.45) is 4.99 Å². The van der Waals surface area contributed by atoms with Gasteiger partial charge in [-0.2, -0.15) is 0 Å². The summed E-state index contributed by atoms with van der Waals surface area (Å²) in [4.78, 5) is 6.53. The predicted molar refractivity (Wildman–Crippen MR) is 74.0 cm³/mol. The first-order chi connectivity index (χ1) is 8.79. The van der Waals surface area contributed by atoms with Gasteiger partial charge in [0.05, 0.1) is 13.2 Å². The maximum atomic E-state index is 5.55. The number of ether oxygens (including phenoxy) is 1. The molecule has 1 N–H and O–H groups in total. The van der Waals surface area contributed by atoms with Crippen LogP contribution in [0.4, 0.5) is 0 Å². The van der Waals surface area contributed by atoms with Gasteiger partial charge in [-0.3, -0.25) is 4.99 Å². The van der Waals surface area contributed by atoms with Crippen molar-refractivity contribution in [3.63, 3.8) is 0 Å². The lowest BCUT2D eigenvalue weighted by atomic mass is 10.2. The molecule has 2 rings (SSSR count). The standard InChI is InChI=1S/C14H21N3O/c1-3-10-18-13-6-4-12(5-7-13)11-16-14-15-8-9-17(14)2/h4-7H,3,8-11H2,1-2H3,(H,15,16). The van der Waals surface area contributed by atoms with Crippen molar-refractivity contribution in [2.75, 3.05) is 26.7 Å². The number of rotatable bonds is 5. The molecule has 0 unspecified atom stereocenters. The summed E-state index contributed by atoms with van der Waals surface area (Å²) in [6, 6.07) is 8.22. The Morgan fingerprint density at radius 2 is 2.11 bits per heavy atom. The molecule has 0 saturated carbocycles. The van der Waals surface area contributed by atoms with E-state index in [0.717, 1.165) is 44.4 Å². The lowest BCUT2D eigenvalue weighted by Gasteiger charge is -2.15. The average Bonchev–Trinajstić information content (AvgIpc) is 2.81. The molecule has 0 spiro atoms. The van der Waals surface area contributed by atoms with Crippen LogP contribution in [0.3, 0.4) is 0 Å². The molecule has 0 radical (unpaired) electrons. The largest absolute Gasteiger partial charge is 0.494 e. The second-order valence-corrected chi connectivity index (χ2v) is 4.47. The Balaban J connectivity index is 1.83. The van der Waals surface area contributed by atoms with Crippen LogP contribution in [0.25, 0.3) is 0 Å². The van der Waals surface area contributed by atoms with Crippen LogP contribution in [-0.2, 0) is 6.54 Å². The lowest BCUT2D eigenvalue weighted by molar-refractivity contribution is 0.317. The van der Waals surface area contributed by atoms with Crippen molar-refractivity contribution in [2.45, 2.75) is 19.9 Å². The monoisotopic (exact) mass is 247 g/mol. The van der Waals surface area contributed by atoms with Crippen LogP contribution >= 0.6 is 0 Å². The predicted octanol–water partition coefficient (Wildman–Crippen LogP) is 1.87. The lowest BCUT2D eigenvalue weighted by Crippen LogP contribution is -2.35. The summed E-state index contributed by atoms with van der Waals surface area (Å²) < 4.78 is 5.55. The molecule has 18 heavy (non-hydrogen) atoms. The normalized spacial score (nSPS) is 14.6. The van der Waals surface area contributed by atoms with Gasteiger partial charge in [0.15, 0.2) is 5.96 Å². The summed E-state index contributed by atoms with van der Waals surface area (Å²) in [6.45, 7) is 5.59. The Morgan fingerprint density at radius 1 is 1.33 bits per heavy atom. The van der Waals surface area contributed by atoms with Crippen molar-refractivity contribution in [3.8, 4) is 5.75 Å². The fourth-order valence-electron chi connectivity index (χ4n) is 1.83. The third-order valence-corrected chi connectivity index (χ3v) is 2.91. The van der Waals surface area contributed by atoms with Gasteiger partial charge in [0.2, 0.25) is 0 Å². The quantitative estimate of drug-likeness (QED) is 0.863. The van der Waals surface area contributed by atoms with Crippen molar-refractivity contribution < 1.29 is 4.74 Å². The summed E-state index contributed by atoms with van der Waals surface area (Å²) in [6.07, 6.45) is 1.04. The van der Waals surface area contributed by atoms with E-state index in [4.69, 9.17) is 4.74 Å². The van der Waals surface area contributed by atoms with Gasteiger partial charge in [0.25, 0.3) is 0 Å². The molecule has 0 saturated heterocycles. The van der Waals surface area contributed by atoms with Crippen molar-refractivity contribution in [3.05, 3.63) is 29.8 Å². The zero-order valence-electron chi connectivity index (χ0n) is 11.1. The van der Waals surface area contributed by atoms with E-state index in [9.17, 15) is 0 Å².